The minimum atomic E-state index is 0.549. The van der Waals surface area contributed by atoms with Crippen molar-refractivity contribution in [2.24, 2.45) is 0 Å². The Morgan fingerprint density at radius 3 is 2.18 bits per heavy atom. The Morgan fingerprint density at radius 2 is 1.53 bits per heavy atom. The van der Waals surface area contributed by atoms with Crippen LogP contribution < -0.4 is 5.32 Å². The molecule has 0 aliphatic carbocycles. The van der Waals surface area contributed by atoms with Gasteiger partial charge in [-0.05, 0) is 35.9 Å². The maximum Gasteiger partial charge on any atom is 0.0612 e. The molecule has 0 aliphatic rings. The van der Waals surface area contributed by atoms with Crippen LogP contribution in [0.15, 0.2) is 42.5 Å². The van der Waals surface area contributed by atoms with E-state index in [1.54, 1.807) is 12.1 Å². The van der Waals surface area contributed by atoms with Crippen LogP contribution >= 0.6 is 34.8 Å². The molecule has 2 rings (SSSR count). The van der Waals surface area contributed by atoms with Crippen LogP contribution in [0.3, 0.4) is 0 Å². The van der Waals surface area contributed by atoms with Crippen molar-refractivity contribution in [3.8, 4) is 0 Å². The smallest absolute Gasteiger partial charge is 0.0612 e. The van der Waals surface area contributed by atoms with Crippen LogP contribution in [0.5, 0.6) is 0 Å². The van der Waals surface area contributed by atoms with E-state index < -0.39 is 0 Å². The maximum atomic E-state index is 5.93. The van der Waals surface area contributed by atoms with Crippen molar-refractivity contribution in [3.63, 3.8) is 0 Å². The molecule has 1 N–H and O–H groups in total. The van der Waals surface area contributed by atoms with Crippen LogP contribution in [0.2, 0.25) is 15.1 Å². The van der Waals surface area contributed by atoms with Crippen LogP contribution in [0.25, 0.3) is 0 Å². The molecule has 0 radical (unpaired) electrons. The van der Waals surface area contributed by atoms with Gasteiger partial charge in [0.25, 0.3) is 0 Å². The fourth-order valence-corrected chi connectivity index (χ4v) is 1.84. The van der Waals surface area contributed by atoms with Crippen LogP contribution in [0, 0.1) is 0 Å². The van der Waals surface area contributed by atoms with Crippen LogP contribution in [-0.2, 0) is 6.54 Å². The lowest BCUT2D eigenvalue weighted by molar-refractivity contribution is 1.15. The zero-order valence-electron chi connectivity index (χ0n) is 8.88. The highest BCUT2D eigenvalue weighted by Crippen LogP contribution is 2.25. The van der Waals surface area contributed by atoms with Crippen molar-refractivity contribution in [1.29, 1.82) is 0 Å². The van der Waals surface area contributed by atoms with Gasteiger partial charge in [0.1, 0.15) is 0 Å². The van der Waals surface area contributed by atoms with Crippen molar-refractivity contribution in [2.75, 3.05) is 5.32 Å². The molecule has 0 aliphatic heterocycles. The Kier molecular flexibility index (Phi) is 4.16. The molecule has 0 saturated carbocycles. The van der Waals surface area contributed by atoms with Crippen LogP contribution in [0.1, 0.15) is 5.56 Å². The van der Waals surface area contributed by atoms with E-state index in [1.807, 2.05) is 30.3 Å². The second-order valence-corrected chi connectivity index (χ2v) is 4.86. The van der Waals surface area contributed by atoms with Gasteiger partial charge in [-0.25, -0.2) is 0 Å². The Balaban J connectivity index is 2.02. The molecule has 17 heavy (non-hydrogen) atoms. The van der Waals surface area contributed by atoms with E-state index in [4.69, 9.17) is 34.8 Å². The average Bonchev–Trinajstić information content (AvgIpc) is 2.33. The molecule has 2 aromatic carbocycles. The van der Waals surface area contributed by atoms with E-state index in [2.05, 4.69) is 5.32 Å². The lowest BCUT2D eigenvalue weighted by Crippen LogP contribution is -1.98. The topological polar surface area (TPSA) is 12.0 Å². The van der Waals surface area contributed by atoms with Gasteiger partial charge in [0.15, 0.2) is 0 Å². The minimum absolute atomic E-state index is 0.549. The van der Waals surface area contributed by atoms with Gasteiger partial charge in [0.05, 0.1) is 10.0 Å². The molecule has 0 heterocycles. The first-order valence-electron chi connectivity index (χ1n) is 5.08. The number of rotatable bonds is 3. The minimum Gasteiger partial charge on any atom is -0.381 e. The molecule has 0 amide bonds. The lowest BCUT2D eigenvalue weighted by Gasteiger charge is -2.07. The number of benzene rings is 2. The Morgan fingerprint density at radius 1 is 0.824 bits per heavy atom. The summed E-state index contributed by atoms with van der Waals surface area (Å²) < 4.78 is 0. The first-order valence-corrected chi connectivity index (χ1v) is 6.22. The molecule has 0 spiro atoms. The largest absolute Gasteiger partial charge is 0.381 e. The standard InChI is InChI=1S/C13H10Cl3N/c14-10-3-1-9(2-4-10)8-17-11-5-6-12(15)13(16)7-11/h1-7,17H,8H2. The molecular formula is C13H10Cl3N. The summed E-state index contributed by atoms with van der Waals surface area (Å²) in [5.74, 6) is 0. The third kappa shape index (κ3) is 3.53. The van der Waals surface area contributed by atoms with Crippen molar-refractivity contribution < 1.29 is 0 Å². The van der Waals surface area contributed by atoms with E-state index in [0.29, 0.717) is 10.0 Å². The van der Waals surface area contributed by atoms with Crippen LogP contribution in [0.4, 0.5) is 5.69 Å². The summed E-state index contributed by atoms with van der Waals surface area (Å²) in [4.78, 5) is 0. The molecule has 0 unspecified atom stereocenters. The van der Waals surface area contributed by atoms with E-state index in [-0.39, 0.29) is 0 Å². The fourth-order valence-electron chi connectivity index (χ4n) is 1.41. The summed E-state index contributed by atoms with van der Waals surface area (Å²) in [7, 11) is 0. The molecule has 88 valence electrons. The first-order chi connectivity index (χ1) is 8.15. The molecule has 2 aromatic rings. The van der Waals surface area contributed by atoms with Gasteiger partial charge >= 0.3 is 0 Å². The van der Waals surface area contributed by atoms with Gasteiger partial charge in [-0.1, -0.05) is 46.9 Å². The molecule has 0 aromatic heterocycles. The molecule has 0 bridgehead atoms. The highest BCUT2D eigenvalue weighted by Gasteiger charge is 1.99. The van der Waals surface area contributed by atoms with Gasteiger partial charge in [0.2, 0.25) is 0 Å². The van der Waals surface area contributed by atoms with E-state index in [0.717, 1.165) is 22.8 Å². The number of nitrogens with one attached hydrogen (secondary N) is 1. The van der Waals surface area contributed by atoms with Gasteiger partial charge in [-0.3, -0.25) is 0 Å². The number of hydrogen-bond acceptors (Lipinski definition) is 1. The molecule has 0 atom stereocenters. The highest BCUT2D eigenvalue weighted by atomic mass is 35.5. The van der Waals surface area contributed by atoms with Gasteiger partial charge < -0.3 is 5.32 Å². The molecular weight excluding hydrogens is 277 g/mol. The van der Waals surface area contributed by atoms with Crippen molar-refractivity contribution in [3.05, 3.63) is 63.1 Å². The van der Waals surface area contributed by atoms with Crippen molar-refractivity contribution >= 4 is 40.5 Å². The summed E-state index contributed by atoms with van der Waals surface area (Å²) >= 11 is 17.6. The van der Waals surface area contributed by atoms with Gasteiger partial charge in [0, 0.05) is 17.3 Å². The molecule has 0 fully saturated rings. The molecule has 0 saturated heterocycles. The quantitative estimate of drug-likeness (QED) is 0.811. The lowest BCUT2D eigenvalue weighted by atomic mass is 10.2. The second kappa shape index (κ2) is 5.63. The number of hydrogen-bond donors (Lipinski definition) is 1. The predicted molar refractivity (Wildman–Crippen MR) is 75.2 cm³/mol. The number of anilines is 1. The third-order valence-corrected chi connectivity index (χ3v) is 3.32. The molecule has 4 heteroatoms. The second-order valence-electron chi connectivity index (χ2n) is 3.61. The van der Waals surface area contributed by atoms with E-state index in [9.17, 15) is 0 Å². The average molecular weight is 287 g/mol. The van der Waals surface area contributed by atoms with E-state index >= 15 is 0 Å². The maximum absolute atomic E-state index is 5.93. The third-order valence-electron chi connectivity index (χ3n) is 2.33. The zero-order chi connectivity index (χ0) is 12.3. The summed E-state index contributed by atoms with van der Waals surface area (Å²) in [6, 6.07) is 13.2. The predicted octanol–water partition coefficient (Wildman–Crippen LogP) is 5.26. The number of halogens is 3. The monoisotopic (exact) mass is 285 g/mol. The Labute approximate surface area is 115 Å². The van der Waals surface area contributed by atoms with Gasteiger partial charge in [-0.15, -0.1) is 0 Å². The summed E-state index contributed by atoms with van der Waals surface area (Å²) in [5, 5.41) is 5.11. The Hall–Kier alpha value is -0.890. The summed E-state index contributed by atoms with van der Waals surface area (Å²) in [6.07, 6.45) is 0. The normalized spacial score (nSPS) is 10.3. The highest BCUT2D eigenvalue weighted by molar-refractivity contribution is 6.42. The summed E-state index contributed by atoms with van der Waals surface area (Å²) in [5.41, 5.74) is 2.09. The Bertz CT molecular complexity index is 509. The van der Waals surface area contributed by atoms with Crippen molar-refractivity contribution in [2.45, 2.75) is 6.54 Å². The van der Waals surface area contributed by atoms with Crippen molar-refractivity contribution in [1.82, 2.24) is 0 Å². The zero-order valence-corrected chi connectivity index (χ0v) is 11.2. The molecule has 1 nitrogen and oxygen atoms in total. The first kappa shape index (κ1) is 12.6. The van der Waals surface area contributed by atoms with Gasteiger partial charge in [-0.2, -0.15) is 0 Å². The summed E-state index contributed by atoms with van der Waals surface area (Å²) in [6.45, 7) is 0.717. The van der Waals surface area contributed by atoms with E-state index in [1.165, 1.54) is 0 Å². The fraction of sp³-hybridized carbons (Fsp3) is 0.0769. The van der Waals surface area contributed by atoms with Crippen LogP contribution in [-0.4, -0.2) is 0 Å². The SMILES string of the molecule is Clc1ccc(CNc2ccc(Cl)c(Cl)c2)cc1.